The molecule has 1 saturated heterocycles. The molecule has 1 aromatic rings. The lowest BCUT2D eigenvalue weighted by Gasteiger charge is -2.36. The van der Waals surface area contributed by atoms with Gasteiger partial charge in [-0.05, 0) is 44.7 Å². The minimum absolute atomic E-state index is 0.0303. The van der Waals surface area contributed by atoms with Gasteiger partial charge in [-0.3, -0.25) is 4.79 Å². The van der Waals surface area contributed by atoms with Gasteiger partial charge in [0.05, 0.1) is 36.2 Å². The first-order valence-electron chi connectivity index (χ1n) is 10.5. The van der Waals surface area contributed by atoms with E-state index in [1.54, 1.807) is 24.3 Å². The van der Waals surface area contributed by atoms with E-state index in [9.17, 15) is 18.3 Å². The van der Waals surface area contributed by atoms with Crippen molar-refractivity contribution in [3.8, 4) is 0 Å². The summed E-state index contributed by atoms with van der Waals surface area (Å²) in [7, 11) is -3.70. The van der Waals surface area contributed by atoms with Crippen LogP contribution in [0.25, 0.3) is 0 Å². The van der Waals surface area contributed by atoms with E-state index in [4.69, 9.17) is 4.74 Å². The van der Waals surface area contributed by atoms with Crippen LogP contribution in [-0.2, 0) is 19.6 Å². The number of sulfonamides is 1. The molecule has 0 aromatic heterocycles. The number of ether oxygens (including phenoxy) is 1. The van der Waals surface area contributed by atoms with Gasteiger partial charge in [0.2, 0.25) is 15.9 Å². The number of rotatable bonds is 7. The zero-order chi connectivity index (χ0) is 20.9. The van der Waals surface area contributed by atoms with Gasteiger partial charge in [0.1, 0.15) is 0 Å². The standard InChI is InChI=1S/C21H32N2O5S/c1-15-7-10-18(11-8-15)29(26,27)23-19-12-9-17(28-20(19)14-24)13-21(25)22-16-5-3-2-4-6-16/h7-8,10-11,16-17,19-20,23-24H,2-6,9,12-14H2,1H3,(H,22,25)/t17-,19-,20-/m1/s1. The number of amides is 1. The summed E-state index contributed by atoms with van der Waals surface area (Å²) in [5, 5.41) is 12.8. The van der Waals surface area contributed by atoms with Crippen LogP contribution in [0.15, 0.2) is 29.2 Å². The van der Waals surface area contributed by atoms with E-state index in [2.05, 4.69) is 10.0 Å². The summed E-state index contributed by atoms with van der Waals surface area (Å²) in [5.74, 6) is -0.0303. The van der Waals surface area contributed by atoms with Gasteiger partial charge in [-0.1, -0.05) is 37.0 Å². The summed E-state index contributed by atoms with van der Waals surface area (Å²) in [6.07, 6.45) is 5.93. The predicted molar refractivity (Wildman–Crippen MR) is 110 cm³/mol. The Kier molecular flexibility index (Phi) is 7.67. The molecular weight excluding hydrogens is 392 g/mol. The number of hydrogen-bond acceptors (Lipinski definition) is 5. The molecule has 2 fully saturated rings. The lowest BCUT2D eigenvalue weighted by Crippen LogP contribution is -2.51. The van der Waals surface area contributed by atoms with Crippen molar-refractivity contribution in [2.24, 2.45) is 0 Å². The van der Waals surface area contributed by atoms with Gasteiger partial charge in [0.15, 0.2) is 0 Å². The number of nitrogens with one attached hydrogen (secondary N) is 2. The minimum Gasteiger partial charge on any atom is -0.394 e. The van der Waals surface area contributed by atoms with Crippen LogP contribution in [0.4, 0.5) is 0 Å². The SMILES string of the molecule is Cc1ccc(S(=O)(=O)N[C@@H]2CC[C@H](CC(=O)NC3CCCCC3)O[C@@H]2CO)cc1. The lowest BCUT2D eigenvalue weighted by atomic mass is 9.94. The molecule has 2 aliphatic rings. The number of carbonyl (C=O) groups is 1. The Balaban J connectivity index is 1.53. The number of aliphatic hydroxyl groups excluding tert-OH is 1. The number of aryl methyl sites for hydroxylation is 1. The van der Waals surface area contributed by atoms with Crippen LogP contribution in [0.5, 0.6) is 0 Å². The predicted octanol–water partition coefficient (Wildman–Crippen LogP) is 2.02. The van der Waals surface area contributed by atoms with E-state index in [1.807, 2.05) is 6.92 Å². The quantitative estimate of drug-likeness (QED) is 0.621. The van der Waals surface area contributed by atoms with Crippen molar-refractivity contribution in [3.05, 3.63) is 29.8 Å². The fraction of sp³-hybridized carbons (Fsp3) is 0.667. The third-order valence-corrected chi connectivity index (χ3v) is 7.32. The number of benzene rings is 1. The Morgan fingerprint density at radius 2 is 1.79 bits per heavy atom. The molecule has 1 saturated carbocycles. The molecule has 0 bridgehead atoms. The molecule has 1 amide bonds. The average Bonchev–Trinajstić information content (AvgIpc) is 2.70. The van der Waals surface area contributed by atoms with Crippen molar-refractivity contribution in [1.29, 1.82) is 0 Å². The van der Waals surface area contributed by atoms with Crippen LogP contribution in [0, 0.1) is 6.92 Å². The first kappa shape index (κ1) is 22.2. The smallest absolute Gasteiger partial charge is 0.240 e. The van der Waals surface area contributed by atoms with Crippen LogP contribution in [-0.4, -0.2) is 50.3 Å². The lowest BCUT2D eigenvalue weighted by molar-refractivity contribution is -0.131. The molecule has 3 N–H and O–H groups in total. The summed E-state index contributed by atoms with van der Waals surface area (Å²) < 4.78 is 33.8. The molecule has 0 unspecified atom stereocenters. The Labute approximate surface area is 173 Å². The summed E-state index contributed by atoms with van der Waals surface area (Å²) in [6, 6.07) is 6.35. The van der Waals surface area contributed by atoms with E-state index in [1.165, 1.54) is 6.42 Å². The van der Waals surface area contributed by atoms with Crippen molar-refractivity contribution in [1.82, 2.24) is 10.0 Å². The average molecular weight is 425 g/mol. The van der Waals surface area contributed by atoms with Gasteiger partial charge in [-0.15, -0.1) is 0 Å². The van der Waals surface area contributed by atoms with E-state index in [0.29, 0.717) is 12.8 Å². The highest BCUT2D eigenvalue weighted by atomic mass is 32.2. The van der Waals surface area contributed by atoms with Crippen LogP contribution >= 0.6 is 0 Å². The first-order chi connectivity index (χ1) is 13.9. The van der Waals surface area contributed by atoms with Gasteiger partial charge in [0.25, 0.3) is 0 Å². The van der Waals surface area contributed by atoms with Gasteiger partial charge < -0.3 is 15.2 Å². The van der Waals surface area contributed by atoms with Gasteiger partial charge in [-0.2, -0.15) is 0 Å². The maximum absolute atomic E-state index is 12.6. The van der Waals surface area contributed by atoms with Gasteiger partial charge in [0, 0.05) is 6.04 Å². The summed E-state index contributed by atoms with van der Waals surface area (Å²) in [4.78, 5) is 12.5. The summed E-state index contributed by atoms with van der Waals surface area (Å²) in [6.45, 7) is 1.59. The maximum Gasteiger partial charge on any atom is 0.240 e. The number of hydrogen-bond donors (Lipinski definition) is 3. The maximum atomic E-state index is 12.6. The normalized spacial score (nSPS) is 26.2. The van der Waals surface area contributed by atoms with Crippen LogP contribution < -0.4 is 10.0 Å². The largest absolute Gasteiger partial charge is 0.394 e. The van der Waals surface area contributed by atoms with Crippen molar-refractivity contribution >= 4 is 15.9 Å². The summed E-state index contributed by atoms with van der Waals surface area (Å²) in [5.41, 5.74) is 0.979. The Morgan fingerprint density at radius 1 is 1.10 bits per heavy atom. The molecule has 1 aliphatic heterocycles. The fourth-order valence-electron chi connectivity index (χ4n) is 4.14. The highest BCUT2D eigenvalue weighted by Crippen LogP contribution is 2.24. The Hall–Kier alpha value is -1.48. The minimum atomic E-state index is -3.70. The van der Waals surface area contributed by atoms with Gasteiger partial charge in [-0.25, -0.2) is 13.1 Å². The van der Waals surface area contributed by atoms with Crippen LogP contribution in [0.2, 0.25) is 0 Å². The monoisotopic (exact) mass is 424 g/mol. The first-order valence-corrected chi connectivity index (χ1v) is 12.0. The molecule has 1 aromatic carbocycles. The molecule has 1 heterocycles. The molecule has 8 heteroatoms. The van der Waals surface area contributed by atoms with E-state index >= 15 is 0 Å². The third-order valence-electron chi connectivity index (χ3n) is 5.82. The zero-order valence-corrected chi connectivity index (χ0v) is 17.8. The molecule has 162 valence electrons. The van der Waals surface area contributed by atoms with Crippen molar-refractivity contribution < 1.29 is 23.1 Å². The Morgan fingerprint density at radius 3 is 2.45 bits per heavy atom. The van der Waals surface area contributed by atoms with E-state index in [-0.39, 0.29) is 36.0 Å². The number of carbonyl (C=O) groups excluding carboxylic acids is 1. The van der Waals surface area contributed by atoms with Crippen molar-refractivity contribution in [2.75, 3.05) is 6.61 Å². The Bertz CT molecular complexity index is 775. The topological polar surface area (TPSA) is 105 Å². The second kappa shape index (κ2) is 10.0. The van der Waals surface area contributed by atoms with Crippen LogP contribution in [0.1, 0.15) is 56.9 Å². The number of aliphatic hydroxyl groups is 1. The molecule has 0 spiro atoms. The van der Waals surface area contributed by atoms with Crippen molar-refractivity contribution in [2.45, 2.75) is 87.5 Å². The second-order valence-electron chi connectivity index (χ2n) is 8.20. The fourth-order valence-corrected chi connectivity index (χ4v) is 5.44. The molecule has 0 radical (unpaired) electrons. The molecule has 29 heavy (non-hydrogen) atoms. The van der Waals surface area contributed by atoms with E-state index in [0.717, 1.165) is 31.2 Å². The molecular formula is C21H32N2O5S. The second-order valence-corrected chi connectivity index (χ2v) is 9.92. The van der Waals surface area contributed by atoms with Gasteiger partial charge >= 0.3 is 0 Å². The summed E-state index contributed by atoms with van der Waals surface area (Å²) >= 11 is 0. The van der Waals surface area contributed by atoms with Crippen LogP contribution in [0.3, 0.4) is 0 Å². The highest BCUT2D eigenvalue weighted by Gasteiger charge is 2.35. The molecule has 7 nitrogen and oxygen atoms in total. The zero-order valence-electron chi connectivity index (χ0n) is 17.0. The molecule has 1 aliphatic carbocycles. The molecule has 3 atom stereocenters. The molecule has 3 rings (SSSR count). The van der Waals surface area contributed by atoms with Crippen molar-refractivity contribution in [3.63, 3.8) is 0 Å². The van der Waals surface area contributed by atoms with E-state index < -0.39 is 22.2 Å². The third kappa shape index (κ3) is 6.25. The highest BCUT2D eigenvalue weighted by molar-refractivity contribution is 7.89.